The first-order valence-electron chi connectivity index (χ1n) is 9.27. The highest BCUT2D eigenvalue weighted by atomic mass is 16.1. The summed E-state index contributed by atoms with van der Waals surface area (Å²) in [5.74, 6) is 1.27. The van der Waals surface area contributed by atoms with E-state index in [0.717, 1.165) is 48.2 Å². The summed E-state index contributed by atoms with van der Waals surface area (Å²) in [6.45, 7) is 1.54. The first-order chi connectivity index (χ1) is 12.8. The zero-order valence-electron chi connectivity index (χ0n) is 14.8. The lowest BCUT2D eigenvalue weighted by molar-refractivity contribution is -0.127. The SMILES string of the molecule is O=C(NCCCn1ccc2cnc(Cc3cccnc3)nc21)C1CCC1. The van der Waals surface area contributed by atoms with Crippen molar-refractivity contribution in [1.29, 1.82) is 0 Å². The molecule has 0 bridgehead atoms. The van der Waals surface area contributed by atoms with Gasteiger partial charge >= 0.3 is 0 Å². The molecule has 0 atom stereocenters. The number of hydrogen-bond acceptors (Lipinski definition) is 4. The first-order valence-corrected chi connectivity index (χ1v) is 9.27. The Morgan fingerprint density at radius 1 is 1.27 bits per heavy atom. The third-order valence-electron chi connectivity index (χ3n) is 4.99. The van der Waals surface area contributed by atoms with Gasteiger partial charge in [-0.2, -0.15) is 0 Å². The van der Waals surface area contributed by atoms with Crippen molar-refractivity contribution in [1.82, 2.24) is 24.8 Å². The normalized spacial score (nSPS) is 14.3. The van der Waals surface area contributed by atoms with Crippen LogP contribution in [0.15, 0.2) is 43.0 Å². The maximum atomic E-state index is 11.9. The number of pyridine rings is 1. The fraction of sp³-hybridized carbons (Fsp3) is 0.400. The molecule has 1 N–H and O–H groups in total. The van der Waals surface area contributed by atoms with Crippen LogP contribution in [-0.4, -0.2) is 32.0 Å². The molecule has 1 aliphatic rings. The lowest BCUT2D eigenvalue weighted by atomic mass is 9.85. The van der Waals surface area contributed by atoms with Gasteiger partial charge in [0.2, 0.25) is 5.91 Å². The van der Waals surface area contributed by atoms with Crippen LogP contribution in [-0.2, 0) is 17.8 Å². The van der Waals surface area contributed by atoms with Crippen LogP contribution < -0.4 is 5.32 Å². The molecule has 1 amide bonds. The highest BCUT2D eigenvalue weighted by molar-refractivity contribution is 5.79. The van der Waals surface area contributed by atoms with Crippen molar-refractivity contribution in [2.45, 2.75) is 38.6 Å². The predicted octanol–water partition coefficient (Wildman–Crippen LogP) is 2.72. The molecule has 1 aliphatic carbocycles. The van der Waals surface area contributed by atoms with E-state index in [2.05, 4.69) is 19.9 Å². The van der Waals surface area contributed by atoms with Gasteiger partial charge in [-0.25, -0.2) is 9.97 Å². The molecule has 0 aromatic carbocycles. The third kappa shape index (κ3) is 3.74. The Kier molecular flexibility index (Phi) is 4.91. The van der Waals surface area contributed by atoms with E-state index in [1.165, 1.54) is 6.42 Å². The highest BCUT2D eigenvalue weighted by Crippen LogP contribution is 2.26. The molecule has 1 fully saturated rings. The maximum Gasteiger partial charge on any atom is 0.223 e. The molecule has 26 heavy (non-hydrogen) atoms. The van der Waals surface area contributed by atoms with Crippen LogP contribution in [0.5, 0.6) is 0 Å². The number of nitrogens with zero attached hydrogens (tertiary/aromatic N) is 4. The van der Waals surface area contributed by atoms with Crippen LogP contribution in [0.2, 0.25) is 0 Å². The van der Waals surface area contributed by atoms with Gasteiger partial charge in [0.05, 0.1) is 0 Å². The van der Waals surface area contributed by atoms with E-state index in [-0.39, 0.29) is 11.8 Å². The van der Waals surface area contributed by atoms with Crippen molar-refractivity contribution in [2.75, 3.05) is 6.54 Å². The summed E-state index contributed by atoms with van der Waals surface area (Å²) in [5, 5.41) is 4.09. The Hall–Kier alpha value is -2.76. The largest absolute Gasteiger partial charge is 0.356 e. The van der Waals surface area contributed by atoms with Gasteiger partial charge in [0.1, 0.15) is 11.5 Å². The van der Waals surface area contributed by atoms with E-state index in [0.29, 0.717) is 13.0 Å². The highest BCUT2D eigenvalue weighted by Gasteiger charge is 2.24. The van der Waals surface area contributed by atoms with E-state index in [1.807, 2.05) is 36.8 Å². The van der Waals surface area contributed by atoms with Crippen LogP contribution in [0.3, 0.4) is 0 Å². The van der Waals surface area contributed by atoms with Gasteiger partial charge in [0, 0.05) is 55.6 Å². The zero-order valence-corrected chi connectivity index (χ0v) is 14.8. The average Bonchev–Trinajstić information content (AvgIpc) is 3.00. The summed E-state index contributed by atoms with van der Waals surface area (Å²) >= 11 is 0. The lowest BCUT2D eigenvalue weighted by Crippen LogP contribution is -2.35. The summed E-state index contributed by atoms with van der Waals surface area (Å²) in [4.78, 5) is 25.2. The molecule has 0 saturated heterocycles. The Balaban J connectivity index is 1.37. The van der Waals surface area contributed by atoms with Gasteiger partial charge in [-0.15, -0.1) is 0 Å². The molecule has 3 aromatic rings. The summed E-state index contributed by atoms with van der Waals surface area (Å²) in [6.07, 6.45) is 12.4. The van der Waals surface area contributed by atoms with Gasteiger partial charge in [-0.1, -0.05) is 12.5 Å². The molecule has 1 saturated carbocycles. The minimum Gasteiger partial charge on any atom is -0.356 e. The van der Waals surface area contributed by atoms with Crippen molar-refractivity contribution in [2.24, 2.45) is 5.92 Å². The van der Waals surface area contributed by atoms with Gasteiger partial charge in [0.25, 0.3) is 0 Å². The molecule has 4 rings (SSSR count). The molecule has 0 unspecified atom stereocenters. The number of aromatic nitrogens is 4. The first kappa shape index (κ1) is 16.7. The summed E-state index contributed by atoms with van der Waals surface area (Å²) in [6, 6.07) is 6.00. The van der Waals surface area contributed by atoms with Crippen molar-refractivity contribution >= 4 is 16.9 Å². The van der Waals surface area contributed by atoms with Crippen LogP contribution in [0.25, 0.3) is 11.0 Å². The molecule has 6 nitrogen and oxygen atoms in total. The Labute approximate surface area is 152 Å². The average molecular weight is 349 g/mol. The number of carbonyl (C=O) groups is 1. The number of fused-ring (bicyclic) bond motifs is 1. The smallest absolute Gasteiger partial charge is 0.223 e. The van der Waals surface area contributed by atoms with Gasteiger partial charge in [0.15, 0.2) is 0 Å². The number of rotatable bonds is 7. The number of hydrogen-bond donors (Lipinski definition) is 1. The quantitative estimate of drug-likeness (QED) is 0.666. The van der Waals surface area contributed by atoms with Crippen LogP contribution in [0.1, 0.15) is 37.1 Å². The molecule has 0 spiro atoms. The summed E-state index contributed by atoms with van der Waals surface area (Å²) in [5.41, 5.74) is 2.05. The molecule has 3 heterocycles. The molecular formula is C20H23N5O. The standard InChI is InChI=1S/C20H23N5O/c26-20(16-5-1-6-16)22-9-3-10-25-11-7-17-14-23-18(24-19(17)25)12-15-4-2-8-21-13-15/h2,4,7-8,11,13-14,16H,1,3,5-6,9-10,12H2,(H,22,26). The molecule has 0 aliphatic heterocycles. The van der Waals surface area contributed by atoms with Gasteiger partial charge < -0.3 is 9.88 Å². The number of amides is 1. The van der Waals surface area contributed by atoms with Crippen molar-refractivity contribution in [3.8, 4) is 0 Å². The molecule has 134 valence electrons. The van der Waals surface area contributed by atoms with E-state index in [9.17, 15) is 4.79 Å². The van der Waals surface area contributed by atoms with Crippen LogP contribution >= 0.6 is 0 Å². The van der Waals surface area contributed by atoms with E-state index >= 15 is 0 Å². The maximum absolute atomic E-state index is 11.9. The van der Waals surface area contributed by atoms with Crippen LogP contribution in [0, 0.1) is 5.92 Å². The zero-order chi connectivity index (χ0) is 17.8. The monoisotopic (exact) mass is 349 g/mol. The van der Waals surface area contributed by atoms with Gasteiger partial charge in [-0.05, 0) is 37.0 Å². The van der Waals surface area contributed by atoms with Crippen LogP contribution in [0.4, 0.5) is 0 Å². The Morgan fingerprint density at radius 2 is 2.19 bits per heavy atom. The summed E-state index contributed by atoms with van der Waals surface area (Å²) in [7, 11) is 0. The van der Waals surface area contributed by atoms with Crippen molar-refractivity contribution in [3.63, 3.8) is 0 Å². The molecule has 3 aromatic heterocycles. The van der Waals surface area contributed by atoms with Crippen molar-refractivity contribution < 1.29 is 4.79 Å². The summed E-state index contributed by atoms with van der Waals surface area (Å²) < 4.78 is 2.14. The van der Waals surface area contributed by atoms with Gasteiger partial charge in [-0.3, -0.25) is 9.78 Å². The Morgan fingerprint density at radius 3 is 2.96 bits per heavy atom. The number of nitrogens with one attached hydrogen (secondary N) is 1. The van der Waals surface area contributed by atoms with E-state index in [4.69, 9.17) is 4.98 Å². The number of carbonyl (C=O) groups excluding carboxylic acids is 1. The van der Waals surface area contributed by atoms with E-state index < -0.39 is 0 Å². The fourth-order valence-electron chi connectivity index (χ4n) is 3.23. The molecule has 6 heteroatoms. The number of aryl methyl sites for hydroxylation is 1. The fourth-order valence-corrected chi connectivity index (χ4v) is 3.23. The molecular weight excluding hydrogens is 326 g/mol. The lowest BCUT2D eigenvalue weighted by Gasteiger charge is -2.24. The topological polar surface area (TPSA) is 72.7 Å². The second kappa shape index (κ2) is 7.64. The minimum atomic E-state index is 0.217. The Bertz CT molecular complexity index is 886. The van der Waals surface area contributed by atoms with Crippen molar-refractivity contribution in [3.05, 3.63) is 54.4 Å². The second-order valence-corrected chi connectivity index (χ2v) is 6.88. The molecule has 0 radical (unpaired) electrons. The minimum absolute atomic E-state index is 0.217. The van der Waals surface area contributed by atoms with E-state index in [1.54, 1.807) is 6.20 Å². The predicted molar refractivity (Wildman–Crippen MR) is 99.5 cm³/mol. The second-order valence-electron chi connectivity index (χ2n) is 6.88. The third-order valence-corrected chi connectivity index (χ3v) is 4.99.